The van der Waals surface area contributed by atoms with Crippen molar-refractivity contribution in [3.63, 3.8) is 0 Å². The molecule has 2 N–H and O–H groups in total. The Bertz CT molecular complexity index is 845. The van der Waals surface area contributed by atoms with E-state index in [9.17, 15) is 4.39 Å². The molecule has 0 amide bonds. The number of hydrogen-bond acceptors (Lipinski definition) is 3. The summed E-state index contributed by atoms with van der Waals surface area (Å²) < 4.78 is 15.2. The third-order valence-electron chi connectivity index (χ3n) is 3.88. The Balaban J connectivity index is 0.00000243. The minimum Gasteiger partial charge on any atom is -0.357 e. The Labute approximate surface area is 173 Å². The molecule has 0 aliphatic carbocycles. The first-order chi connectivity index (χ1) is 12.2. The topological polar surface area (TPSA) is 53.7 Å². The fourth-order valence-corrected chi connectivity index (χ4v) is 3.33. The third kappa shape index (κ3) is 5.41. The van der Waals surface area contributed by atoms with E-state index in [0.717, 1.165) is 47.3 Å². The lowest BCUT2D eigenvalue weighted by Crippen LogP contribution is -2.38. The van der Waals surface area contributed by atoms with Crippen molar-refractivity contribution in [3.05, 3.63) is 58.6 Å². The number of nitrogens with one attached hydrogen (secondary N) is 2. The second-order valence-electron chi connectivity index (χ2n) is 5.77. The molecule has 8 heteroatoms. The van der Waals surface area contributed by atoms with Gasteiger partial charge in [0.25, 0.3) is 0 Å². The van der Waals surface area contributed by atoms with Crippen molar-refractivity contribution in [2.24, 2.45) is 4.99 Å². The first-order valence-electron chi connectivity index (χ1n) is 8.34. The predicted octanol–water partition coefficient (Wildman–Crippen LogP) is 3.76. The molecule has 5 nitrogen and oxygen atoms in total. The molecule has 2 aromatic heterocycles. The fraction of sp³-hybridized carbons (Fsp3) is 0.333. The number of aliphatic imine (C=N–C) groups is 1. The molecule has 0 bridgehead atoms. The maximum absolute atomic E-state index is 13.2. The van der Waals surface area contributed by atoms with Crippen molar-refractivity contribution < 1.29 is 4.39 Å². The first kappa shape index (κ1) is 20.6. The number of aryl methyl sites for hydroxylation is 1. The lowest BCUT2D eigenvalue weighted by atomic mass is 10.1. The van der Waals surface area contributed by atoms with E-state index >= 15 is 0 Å². The van der Waals surface area contributed by atoms with E-state index in [0.29, 0.717) is 6.54 Å². The van der Waals surface area contributed by atoms with E-state index in [1.807, 2.05) is 42.1 Å². The number of hydrogen-bond donors (Lipinski definition) is 2. The van der Waals surface area contributed by atoms with Gasteiger partial charge in [0.15, 0.2) is 10.9 Å². The smallest absolute Gasteiger partial charge is 0.193 e. The highest BCUT2D eigenvalue weighted by molar-refractivity contribution is 14.0. The summed E-state index contributed by atoms with van der Waals surface area (Å²) in [6.07, 6.45) is 4.81. The van der Waals surface area contributed by atoms with Crippen LogP contribution >= 0.6 is 35.3 Å². The lowest BCUT2D eigenvalue weighted by molar-refractivity contribution is 0.625. The van der Waals surface area contributed by atoms with Crippen molar-refractivity contribution >= 4 is 46.2 Å². The summed E-state index contributed by atoms with van der Waals surface area (Å²) in [7, 11) is 0. The quantitative estimate of drug-likeness (QED) is 0.317. The third-order valence-corrected chi connectivity index (χ3v) is 4.65. The summed E-state index contributed by atoms with van der Waals surface area (Å²) in [5, 5.41) is 8.57. The normalized spacial score (nSPS) is 11.4. The second-order valence-corrected chi connectivity index (χ2v) is 6.64. The molecule has 0 atom stereocenters. The highest BCUT2D eigenvalue weighted by atomic mass is 127. The Morgan fingerprint density at radius 3 is 2.92 bits per heavy atom. The standard InChI is InChI=1S/C18H22FN5S.HI/c1-3-20-17(21-7-6-14-4-5-15(19)10-13(14)2)22-11-16-12-24-8-9-25-18(24)23-16;/h4-5,8-10,12H,3,6-7,11H2,1-2H3,(H2,20,21,22);1H. The molecule has 0 fully saturated rings. The number of benzene rings is 1. The van der Waals surface area contributed by atoms with Crippen LogP contribution in [0.2, 0.25) is 0 Å². The number of imidazole rings is 1. The van der Waals surface area contributed by atoms with Crippen molar-refractivity contribution in [3.8, 4) is 0 Å². The van der Waals surface area contributed by atoms with E-state index in [-0.39, 0.29) is 29.8 Å². The van der Waals surface area contributed by atoms with Gasteiger partial charge in [-0.2, -0.15) is 0 Å². The van der Waals surface area contributed by atoms with E-state index in [1.54, 1.807) is 17.4 Å². The molecular weight excluding hydrogens is 464 g/mol. The summed E-state index contributed by atoms with van der Waals surface area (Å²) >= 11 is 1.61. The zero-order valence-electron chi connectivity index (χ0n) is 14.8. The Morgan fingerprint density at radius 1 is 1.35 bits per heavy atom. The van der Waals surface area contributed by atoms with Gasteiger partial charge in [0.2, 0.25) is 0 Å². The van der Waals surface area contributed by atoms with Crippen molar-refractivity contribution in [1.29, 1.82) is 0 Å². The van der Waals surface area contributed by atoms with Crippen LogP contribution in [-0.2, 0) is 13.0 Å². The Hall–Kier alpha value is -1.68. The van der Waals surface area contributed by atoms with Crippen LogP contribution in [0.15, 0.2) is 41.0 Å². The maximum atomic E-state index is 13.2. The minimum atomic E-state index is -0.191. The van der Waals surface area contributed by atoms with Crippen molar-refractivity contribution in [2.75, 3.05) is 13.1 Å². The molecule has 0 aliphatic heterocycles. The molecule has 0 aliphatic rings. The predicted molar refractivity (Wildman–Crippen MR) is 116 cm³/mol. The monoisotopic (exact) mass is 487 g/mol. The second kappa shape index (κ2) is 9.86. The van der Waals surface area contributed by atoms with Gasteiger partial charge in [0.05, 0.1) is 12.2 Å². The molecule has 0 saturated heterocycles. The molecule has 0 unspecified atom stereocenters. The van der Waals surface area contributed by atoms with Gasteiger partial charge in [-0.25, -0.2) is 14.4 Å². The Kier molecular flexibility index (Phi) is 7.83. The average molecular weight is 487 g/mol. The fourth-order valence-electron chi connectivity index (χ4n) is 2.61. The summed E-state index contributed by atoms with van der Waals surface area (Å²) in [5.74, 6) is 0.572. The van der Waals surface area contributed by atoms with Gasteiger partial charge in [-0.15, -0.1) is 35.3 Å². The lowest BCUT2D eigenvalue weighted by Gasteiger charge is -2.12. The molecule has 3 rings (SSSR count). The van der Waals surface area contributed by atoms with Crippen LogP contribution in [0.3, 0.4) is 0 Å². The van der Waals surface area contributed by atoms with Gasteiger partial charge in [0.1, 0.15) is 5.82 Å². The molecule has 140 valence electrons. The molecule has 2 heterocycles. The van der Waals surface area contributed by atoms with Crippen LogP contribution in [0.4, 0.5) is 4.39 Å². The zero-order valence-corrected chi connectivity index (χ0v) is 18.0. The molecule has 0 spiro atoms. The molecule has 26 heavy (non-hydrogen) atoms. The molecule has 0 saturated carbocycles. The molecule has 1 aromatic carbocycles. The zero-order chi connectivity index (χ0) is 17.6. The van der Waals surface area contributed by atoms with Gasteiger partial charge in [-0.3, -0.25) is 4.40 Å². The number of thiazole rings is 1. The van der Waals surface area contributed by atoms with Crippen LogP contribution < -0.4 is 10.6 Å². The summed E-state index contributed by atoms with van der Waals surface area (Å²) in [6, 6.07) is 4.92. The van der Waals surface area contributed by atoms with E-state index < -0.39 is 0 Å². The number of nitrogens with zero attached hydrogens (tertiary/aromatic N) is 3. The number of halogens is 2. The maximum Gasteiger partial charge on any atom is 0.193 e. The minimum absolute atomic E-state index is 0. The van der Waals surface area contributed by atoms with Crippen LogP contribution in [-0.4, -0.2) is 28.4 Å². The van der Waals surface area contributed by atoms with Crippen LogP contribution in [0, 0.1) is 12.7 Å². The Morgan fingerprint density at radius 2 is 2.19 bits per heavy atom. The van der Waals surface area contributed by atoms with Gasteiger partial charge in [-0.05, 0) is 43.5 Å². The largest absolute Gasteiger partial charge is 0.357 e. The first-order valence-corrected chi connectivity index (χ1v) is 9.22. The molecule has 3 aromatic rings. The van der Waals surface area contributed by atoms with Crippen molar-refractivity contribution in [1.82, 2.24) is 20.0 Å². The van der Waals surface area contributed by atoms with Gasteiger partial charge < -0.3 is 10.6 Å². The van der Waals surface area contributed by atoms with Gasteiger partial charge in [-0.1, -0.05) is 6.07 Å². The number of guanidine groups is 1. The summed E-state index contributed by atoms with van der Waals surface area (Å²) in [6.45, 7) is 6.02. The van der Waals surface area contributed by atoms with E-state index in [1.165, 1.54) is 6.07 Å². The van der Waals surface area contributed by atoms with Crippen LogP contribution in [0.1, 0.15) is 23.7 Å². The number of aromatic nitrogens is 2. The number of fused-ring (bicyclic) bond motifs is 1. The van der Waals surface area contributed by atoms with Crippen LogP contribution in [0.5, 0.6) is 0 Å². The highest BCUT2D eigenvalue weighted by Crippen LogP contribution is 2.12. The molecular formula is C18H23FIN5S. The summed E-state index contributed by atoms with van der Waals surface area (Å²) in [4.78, 5) is 10.1. The van der Waals surface area contributed by atoms with Crippen LogP contribution in [0.25, 0.3) is 4.96 Å². The van der Waals surface area contributed by atoms with E-state index in [4.69, 9.17) is 0 Å². The van der Waals surface area contributed by atoms with Crippen molar-refractivity contribution in [2.45, 2.75) is 26.8 Å². The van der Waals surface area contributed by atoms with Gasteiger partial charge >= 0.3 is 0 Å². The SMILES string of the molecule is CCNC(=NCc1cn2ccsc2n1)NCCc1ccc(F)cc1C.I. The molecule has 0 radical (unpaired) electrons. The van der Waals surface area contributed by atoms with Gasteiger partial charge in [0, 0.05) is 30.9 Å². The number of rotatable bonds is 6. The average Bonchev–Trinajstić information content (AvgIpc) is 3.16. The highest BCUT2D eigenvalue weighted by Gasteiger charge is 2.04. The van der Waals surface area contributed by atoms with E-state index in [2.05, 4.69) is 20.6 Å². The summed E-state index contributed by atoms with van der Waals surface area (Å²) in [5.41, 5.74) is 3.05.